The van der Waals surface area contributed by atoms with Crippen molar-refractivity contribution in [2.75, 3.05) is 37.0 Å². The van der Waals surface area contributed by atoms with E-state index in [1.54, 1.807) is 36.9 Å². The summed E-state index contributed by atoms with van der Waals surface area (Å²) in [5.74, 6) is 0.0320. The van der Waals surface area contributed by atoms with Crippen molar-refractivity contribution in [2.24, 2.45) is 11.8 Å². The lowest BCUT2D eigenvalue weighted by molar-refractivity contribution is 0.0684. The van der Waals surface area contributed by atoms with Gasteiger partial charge in [-0.3, -0.25) is 9.97 Å². The summed E-state index contributed by atoms with van der Waals surface area (Å²) in [6.07, 6.45) is 19.5. The van der Waals surface area contributed by atoms with E-state index in [1.807, 2.05) is 0 Å². The number of carbonyl (C=O) groups is 2. The Morgan fingerprint density at radius 3 is 1.33 bits per heavy atom. The maximum Gasteiger partial charge on any atom is 0.336 e. The van der Waals surface area contributed by atoms with Crippen molar-refractivity contribution in [1.29, 1.82) is 0 Å². The summed E-state index contributed by atoms with van der Waals surface area (Å²) >= 11 is 0. The molecule has 2 aromatic heterocycles. The monoisotopic (exact) mass is 882 g/mol. The molecule has 2 aliphatic heterocycles. The highest BCUT2D eigenvalue weighted by atomic mass is 16.4. The van der Waals surface area contributed by atoms with Crippen molar-refractivity contribution >= 4 is 34.7 Å². The number of rotatable bonds is 16. The number of fused-ring (bicyclic) bond motifs is 2. The number of hydrogen-bond acceptors (Lipinski definition) is 8. The highest BCUT2D eigenvalue weighted by Crippen LogP contribution is 2.37. The van der Waals surface area contributed by atoms with Gasteiger partial charge in [0, 0.05) is 73.7 Å². The topological polar surface area (TPSA) is 131 Å². The Balaban J connectivity index is 0.000000166. The lowest BCUT2D eigenvalue weighted by Crippen LogP contribution is -2.30. The van der Waals surface area contributed by atoms with Gasteiger partial charge in [-0.2, -0.15) is 0 Å². The minimum Gasteiger partial charge on any atom is -0.478 e. The highest BCUT2D eigenvalue weighted by molar-refractivity contribution is 5.89. The third-order valence-corrected chi connectivity index (χ3v) is 14.1. The van der Waals surface area contributed by atoms with Gasteiger partial charge in [0.15, 0.2) is 0 Å². The third kappa shape index (κ3) is 11.0. The molecule has 0 saturated heterocycles. The van der Waals surface area contributed by atoms with Crippen LogP contribution in [0.4, 0.5) is 22.7 Å². The van der Waals surface area contributed by atoms with Crippen LogP contribution in [0.25, 0.3) is 0 Å². The minimum absolute atomic E-state index is 0.219. The number of hydrogen-bond donors (Lipinski definition) is 4. The lowest BCUT2D eigenvalue weighted by atomic mass is 9.89. The van der Waals surface area contributed by atoms with E-state index in [-0.39, 0.29) is 12.1 Å². The van der Waals surface area contributed by atoms with Crippen molar-refractivity contribution in [3.05, 3.63) is 177 Å². The Kier molecular flexibility index (Phi) is 13.9. The average Bonchev–Trinajstić information content (AvgIpc) is 4.31. The molecule has 10 rings (SSSR count). The molecule has 10 nitrogen and oxygen atoms in total. The number of benzene rings is 4. The van der Waals surface area contributed by atoms with E-state index < -0.39 is 11.9 Å². The van der Waals surface area contributed by atoms with Crippen molar-refractivity contribution in [2.45, 2.75) is 89.1 Å². The van der Waals surface area contributed by atoms with Crippen LogP contribution in [-0.4, -0.2) is 59.3 Å². The van der Waals surface area contributed by atoms with Crippen LogP contribution in [0.1, 0.15) is 116 Å². The van der Waals surface area contributed by atoms with Crippen LogP contribution in [0.15, 0.2) is 122 Å². The Hall–Kier alpha value is -6.36. The number of carboxylic acid groups (broad SMARTS) is 2. The Morgan fingerprint density at radius 2 is 0.955 bits per heavy atom. The normalized spacial score (nSPS) is 17.4. The fourth-order valence-corrected chi connectivity index (χ4v) is 9.80. The first-order valence-corrected chi connectivity index (χ1v) is 23.9. The zero-order chi connectivity index (χ0) is 45.6. The van der Waals surface area contributed by atoms with Gasteiger partial charge in [-0.05, 0) is 207 Å². The molecule has 2 fully saturated rings. The van der Waals surface area contributed by atoms with Crippen molar-refractivity contribution < 1.29 is 19.8 Å². The molecule has 0 bridgehead atoms. The largest absolute Gasteiger partial charge is 0.478 e. The molecule has 66 heavy (non-hydrogen) atoms. The Morgan fingerprint density at radius 1 is 0.561 bits per heavy atom. The summed E-state index contributed by atoms with van der Waals surface area (Å²) in [5, 5.41) is 26.1. The molecule has 0 spiro atoms. The van der Waals surface area contributed by atoms with Crippen LogP contribution in [0.2, 0.25) is 0 Å². The molecular formula is C56H62N6O4. The molecule has 4 aliphatic rings. The first kappa shape index (κ1) is 44.8. The maximum absolute atomic E-state index is 11.5. The van der Waals surface area contributed by atoms with E-state index in [2.05, 4.69) is 129 Å². The van der Waals surface area contributed by atoms with E-state index >= 15 is 0 Å². The van der Waals surface area contributed by atoms with Crippen LogP contribution < -0.4 is 20.4 Å². The SMILES string of the molecule is CN(c1ccc(CC2CC2)cc1)c1ccc2c(c1)CCN[C@@H]2CCc1cnccc1C(=O)O.CN(c1ccc(CC2CC2)cc1)c1ccc2c(c1)CCN[C@H]2CCc1cnccc1C(=O)O. The standard InChI is InChI=1S/2C28H31N3O2/c2*1-31(23-7-4-20(5-8-23)16-19-2-3-19)24-9-10-25-21(17-24)12-15-30-27(25)11-6-22-18-29-14-13-26(22)28(32)33/h2*4-5,7-10,13-14,17-19,27,30H,2-3,6,11-12,15-16H2,1H3,(H,32,33)/t2*27-/m10/s1. The van der Waals surface area contributed by atoms with Gasteiger partial charge < -0.3 is 30.6 Å². The van der Waals surface area contributed by atoms with Gasteiger partial charge >= 0.3 is 11.9 Å². The number of aromatic carboxylic acids is 2. The summed E-state index contributed by atoms with van der Waals surface area (Å²) in [6, 6.07) is 35.1. The predicted octanol–water partition coefficient (Wildman–Crippen LogP) is 10.6. The van der Waals surface area contributed by atoms with Crippen molar-refractivity contribution in [3.63, 3.8) is 0 Å². The molecule has 340 valence electrons. The second-order valence-electron chi connectivity index (χ2n) is 18.8. The van der Waals surface area contributed by atoms with Gasteiger partial charge in [0.2, 0.25) is 0 Å². The lowest BCUT2D eigenvalue weighted by Gasteiger charge is -2.29. The number of nitrogens with one attached hydrogen (secondary N) is 2. The van der Waals surface area contributed by atoms with E-state index in [9.17, 15) is 19.8 Å². The van der Waals surface area contributed by atoms with E-state index in [1.165, 1.54) is 94.7 Å². The quantitative estimate of drug-likeness (QED) is 0.0745. The van der Waals surface area contributed by atoms with E-state index in [4.69, 9.17) is 0 Å². The predicted molar refractivity (Wildman–Crippen MR) is 263 cm³/mol. The van der Waals surface area contributed by atoms with Gasteiger partial charge in [0.05, 0.1) is 11.1 Å². The molecule has 2 saturated carbocycles. The van der Waals surface area contributed by atoms with Crippen LogP contribution in [0, 0.1) is 11.8 Å². The smallest absolute Gasteiger partial charge is 0.336 e. The zero-order valence-electron chi connectivity index (χ0n) is 38.3. The molecule has 4 heterocycles. The number of aromatic nitrogens is 2. The molecule has 2 atom stereocenters. The summed E-state index contributed by atoms with van der Waals surface area (Å²) in [4.78, 5) is 35.8. The zero-order valence-corrected chi connectivity index (χ0v) is 38.3. The Labute approximate surface area is 389 Å². The average molecular weight is 883 g/mol. The molecule has 0 unspecified atom stereocenters. The summed E-state index contributed by atoms with van der Waals surface area (Å²) in [6.45, 7) is 1.86. The fraction of sp³-hybridized carbons (Fsp3) is 0.357. The number of anilines is 4. The third-order valence-electron chi connectivity index (χ3n) is 14.1. The summed E-state index contributed by atoms with van der Waals surface area (Å²) in [5.41, 5.74) is 15.4. The van der Waals surface area contributed by atoms with Crippen LogP contribution in [-0.2, 0) is 38.5 Å². The number of carboxylic acids is 2. The molecule has 6 aromatic rings. The van der Waals surface area contributed by atoms with Crippen molar-refractivity contribution in [3.8, 4) is 0 Å². The fourth-order valence-electron chi connectivity index (χ4n) is 9.80. The minimum atomic E-state index is -0.891. The van der Waals surface area contributed by atoms with Gasteiger partial charge in [0.1, 0.15) is 0 Å². The number of nitrogens with zero attached hydrogens (tertiary/aromatic N) is 4. The summed E-state index contributed by atoms with van der Waals surface area (Å²) < 4.78 is 0. The van der Waals surface area contributed by atoms with Gasteiger partial charge in [-0.1, -0.05) is 36.4 Å². The molecule has 4 aromatic carbocycles. The second kappa shape index (κ2) is 20.4. The van der Waals surface area contributed by atoms with E-state index in [0.717, 1.165) is 61.7 Å². The van der Waals surface area contributed by atoms with E-state index in [0.29, 0.717) is 24.0 Å². The first-order chi connectivity index (χ1) is 32.2. The second-order valence-corrected chi connectivity index (χ2v) is 18.8. The Bertz CT molecular complexity index is 2460. The highest BCUT2D eigenvalue weighted by Gasteiger charge is 2.25. The first-order valence-electron chi connectivity index (χ1n) is 23.9. The van der Waals surface area contributed by atoms with Crippen LogP contribution in [0.5, 0.6) is 0 Å². The molecule has 0 amide bonds. The van der Waals surface area contributed by atoms with Crippen LogP contribution >= 0.6 is 0 Å². The molecule has 10 heteroatoms. The van der Waals surface area contributed by atoms with Gasteiger partial charge in [-0.25, -0.2) is 9.59 Å². The molecule has 0 radical (unpaired) electrons. The van der Waals surface area contributed by atoms with Gasteiger partial charge in [-0.15, -0.1) is 0 Å². The van der Waals surface area contributed by atoms with Crippen LogP contribution in [0.3, 0.4) is 0 Å². The molecule has 2 aliphatic carbocycles. The number of aryl methyl sites for hydroxylation is 2. The maximum atomic E-state index is 11.5. The summed E-state index contributed by atoms with van der Waals surface area (Å²) in [7, 11) is 4.26. The molecular weight excluding hydrogens is 821 g/mol. The van der Waals surface area contributed by atoms with Gasteiger partial charge in [0.25, 0.3) is 0 Å². The number of pyridine rings is 2. The molecule has 4 N–H and O–H groups in total. The van der Waals surface area contributed by atoms with Crippen molar-refractivity contribution in [1.82, 2.24) is 20.6 Å².